The number of methoxy groups -OCH3 is 1. The number of ether oxygens (including phenoxy) is 1. The second-order valence-electron chi connectivity index (χ2n) is 6.12. The van der Waals surface area contributed by atoms with Crippen LogP contribution < -0.4 is 10.5 Å². The summed E-state index contributed by atoms with van der Waals surface area (Å²) in [5.74, 6) is 0.501. The number of anilines is 1. The molecule has 2 aromatic rings. The van der Waals surface area contributed by atoms with Gasteiger partial charge in [-0.3, -0.25) is 4.79 Å². The maximum atomic E-state index is 12.7. The van der Waals surface area contributed by atoms with Crippen LogP contribution in [0.3, 0.4) is 0 Å². The van der Waals surface area contributed by atoms with Crippen molar-refractivity contribution in [3.05, 3.63) is 59.2 Å². The van der Waals surface area contributed by atoms with Gasteiger partial charge in [0.1, 0.15) is 5.75 Å². The first-order chi connectivity index (χ1) is 9.82. The van der Waals surface area contributed by atoms with Crippen LogP contribution in [-0.4, -0.2) is 12.9 Å². The zero-order valence-corrected chi connectivity index (χ0v) is 12.9. The van der Waals surface area contributed by atoms with Crippen LogP contribution >= 0.6 is 0 Å². The molecule has 0 heterocycles. The summed E-state index contributed by atoms with van der Waals surface area (Å²) in [5.41, 5.74) is 8.53. The lowest BCUT2D eigenvalue weighted by Gasteiger charge is -2.20. The summed E-state index contributed by atoms with van der Waals surface area (Å²) in [6.45, 7) is 6.34. The van der Waals surface area contributed by atoms with Crippen molar-refractivity contribution in [3.63, 3.8) is 0 Å². The average Bonchev–Trinajstić information content (AvgIpc) is 2.44. The smallest absolute Gasteiger partial charge is 0.196 e. The van der Waals surface area contributed by atoms with Crippen molar-refractivity contribution in [3.8, 4) is 5.75 Å². The highest BCUT2D eigenvalue weighted by Gasteiger charge is 2.20. The Kier molecular flexibility index (Phi) is 4.03. The molecule has 0 bridgehead atoms. The molecule has 0 saturated carbocycles. The predicted octanol–water partition coefficient (Wildman–Crippen LogP) is 3.81. The van der Waals surface area contributed by atoms with Crippen molar-refractivity contribution >= 4 is 11.5 Å². The number of hydrogen-bond donors (Lipinski definition) is 1. The number of benzene rings is 2. The van der Waals surface area contributed by atoms with Crippen LogP contribution in [0.25, 0.3) is 0 Å². The predicted molar refractivity (Wildman–Crippen MR) is 86.0 cm³/mol. The Labute approximate surface area is 125 Å². The van der Waals surface area contributed by atoms with Gasteiger partial charge in [-0.15, -0.1) is 0 Å². The van der Waals surface area contributed by atoms with Crippen LogP contribution in [0.2, 0.25) is 0 Å². The highest BCUT2D eigenvalue weighted by Crippen LogP contribution is 2.29. The van der Waals surface area contributed by atoms with Gasteiger partial charge >= 0.3 is 0 Å². The largest absolute Gasteiger partial charge is 0.496 e. The van der Waals surface area contributed by atoms with E-state index in [0.29, 0.717) is 22.6 Å². The molecule has 0 radical (unpaired) electrons. The van der Waals surface area contributed by atoms with E-state index in [9.17, 15) is 4.79 Å². The van der Waals surface area contributed by atoms with E-state index in [1.807, 2.05) is 18.2 Å². The fourth-order valence-electron chi connectivity index (χ4n) is 2.19. The van der Waals surface area contributed by atoms with Gasteiger partial charge in [0.2, 0.25) is 0 Å². The summed E-state index contributed by atoms with van der Waals surface area (Å²) in [6.07, 6.45) is 0. The summed E-state index contributed by atoms with van der Waals surface area (Å²) >= 11 is 0. The number of ketones is 1. The molecule has 0 atom stereocenters. The van der Waals surface area contributed by atoms with Gasteiger partial charge in [-0.1, -0.05) is 39.0 Å². The highest BCUT2D eigenvalue weighted by atomic mass is 16.5. The van der Waals surface area contributed by atoms with Crippen molar-refractivity contribution in [2.24, 2.45) is 0 Å². The lowest BCUT2D eigenvalue weighted by molar-refractivity contribution is 0.103. The third-order valence-electron chi connectivity index (χ3n) is 3.46. The Bertz CT molecular complexity index is 669. The van der Waals surface area contributed by atoms with E-state index < -0.39 is 0 Å². The summed E-state index contributed by atoms with van der Waals surface area (Å²) < 4.78 is 5.33. The molecule has 0 amide bonds. The second-order valence-corrected chi connectivity index (χ2v) is 6.12. The Morgan fingerprint density at radius 1 is 1.10 bits per heavy atom. The Balaban J connectivity index is 2.53. The molecule has 2 N–H and O–H groups in total. The van der Waals surface area contributed by atoms with E-state index in [-0.39, 0.29) is 11.2 Å². The maximum Gasteiger partial charge on any atom is 0.196 e. The van der Waals surface area contributed by atoms with Gasteiger partial charge in [-0.25, -0.2) is 0 Å². The van der Waals surface area contributed by atoms with Gasteiger partial charge in [0.15, 0.2) is 5.78 Å². The van der Waals surface area contributed by atoms with Crippen molar-refractivity contribution in [2.75, 3.05) is 12.8 Å². The molecular formula is C18H21NO2. The first-order valence-corrected chi connectivity index (χ1v) is 6.91. The van der Waals surface area contributed by atoms with Crippen LogP contribution in [0.4, 0.5) is 5.69 Å². The van der Waals surface area contributed by atoms with E-state index in [2.05, 4.69) is 20.8 Å². The molecule has 3 nitrogen and oxygen atoms in total. The minimum absolute atomic E-state index is 0.0307. The van der Waals surface area contributed by atoms with Gasteiger partial charge in [0.25, 0.3) is 0 Å². The molecule has 0 saturated heterocycles. The van der Waals surface area contributed by atoms with Gasteiger partial charge in [0.05, 0.1) is 12.7 Å². The summed E-state index contributed by atoms with van der Waals surface area (Å²) in [4.78, 5) is 12.7. The molecule has 0 fully saturated rings. The Hall–Kier alpha value is -2.29. The van der Waals surface area contributed by atoms with E-state index in [4.69, 9.17) is 10.5 Å². The maximum absolute atomic E-state index is 12.7. The average molecular weight is 283 g/mol. The van der Waals surface area contributed by atoms with Crippen LogP contribution in [0.1, 0.15) is 42.3 Å². The zero-order valence-electron chi connectivity index (χ0n) is 12.9. The first kappa shape index (κ1) is 15.1. The monoisotopic (exact) mass is 283 g/mol. The number of carbonyl (C=O) groups excluding carboxylic acids is 1. The lowest BCUT2D eigenvalue weighted by Crippen LogP contribution is -2.13. The van der Waals surface area contributed by atoms with Gasteiger partial charge in [-0.05, 0) is 35.2 Å². The third-order valence-corrected chi connectivity index (χ3v) is 3.46. The third kappa shape index (κ3) is 3.24. The zero-order chi connectivity index (χ0) is 15.6. The topological polar surface area (TPSA) is 52.3 Å². The molecule has 0 aliphatic rings. The number of carbonyl (C=O) groups is 1. The molecule has 0 aliphatic carbocycles. The van der Waals surface area contributed by atoms with E-state index in [1.54, 1.807) is 31.4 Å². The number of hydrogen-bond acceptors (Lipinski definition) is 3. The number of nitrogens with two attached hydrogens (primary N) is 1. The van der Waals surface area contributed by atoms with Crippen molar-refractivity contribution in [1.29, 1.82) is 0 Å². The second kappa shape index (κ2) is 5.60. The highest BCUT2D eigenvalue weighted by molar-refractivity contribution is 6.11. The molecule has 110 valence electrons. The fourth-order valence-corrected chi connectivity index (χ4v) is 2.19. The van der Waals surface area contributed by atoms with Crippen molar-refractivity contribution in [1.82, 2.24) is 0 Å². The van der Waals surface area contributed by atoms with E-state index >= 15 is 0 Å². The number of nitrogen functional groups attached to an aromatic ring is 1. The van der Waals surface area contributed by atoms with Crippen LogP contribution in [0, 0.1) is 0 Å². The quantitative estimate of drug-likeness (QED) is 0.688. The Morgan fingerprint density at radius 2 is 1.81 bits per heavy atom. The molecule has 21 heavy (non-hydrogen) atoms. The molecule has 2 rings (SSSR count). The van der Waals surface area contributed by atoms with E-state index in [0.717, 1.165) is 5.56 Å². The number of rotatable bonds is 3. The van der Waals surface area contributed by atoms with Crippen LogP contribution in [-0.2, 0) is 5.41 Å². The minimum atomic E-state index is -0.0785. The molecule has 0 spiro atoms. The molecule has 0 unspecified atom stereocenters. The lowest BCUT2D eigenvalue weighted by atomic mass is 9.85. The summed E-state index contributed by atoms with van der Waals surface area (Å²) in [6, 6.07) is 12.7. The van der Waals surface area contributed by atoms with Crippen LogP contribution in [0.5, 0.6) is 5.75 Å². The first-order valence-electron chi connectivity index (χ1n) is 6.91. The molecule has 3 heteroatoms. The SMILES string of the molecule is COc1ccc(C(C)(C)C)cc1C(=O)c1cccc(N)c1. The normalized spacial score (nSPS) is 11.2. The molecule has 0 aliphatic heterocycles. The van der Waals surface area contributed by atoms with Crippen molar-refractivity contribution < 1.29 is 9.53 Å². The summed E-state index contributed by atoms with van der Waals surface area (Å²) in [7, 11) is 1.57. The standard InChI is InChI=1S/C18H21NO2/c1-18(2,3)13-8-9-16(21-4)15(11-13)17(20)12-6-5-7-14(19)10-12/h5-11H,19H2,1-4H3. The Morgan fingerprint density at radius 3 is 2.38 bits per heavy atom. The van der Waals surface area contributed by atoms with Gasteiger partial charge in [-0.2, -0.15) is 0 Å². The van der Waals surface area contributed by atoms with E-state index in [1.165, 1.54) is 0 Å². The fraction of sp³-hybridized carbons (Fsp3) is 0.278. The van der Waals surface area contributed by atoms with Gasteiger partial charge < -0.3 is 10.5 Å². The van der Waals surface area contributed by atoms with Crippen molar-refractivity contribution in [2.45, 2.75) is 26.2 Å². The van der Waals surface area contributed by atoms with Gasteiger partial charge in [0, 0.05) is 11.3 Å². The summed E-state index contributed by atoms with van der Waals surface area (Å²) in [5, 5.41) is 0. The molecule has 0 aromatic heterocycles. The van der Waals surface area contributed by atoms with Crippen LogP contribution in [0.15, 0.2) is 42.5 Å². The minimum Gasteiger partial charge on any atom is -0.496 e. The molecular weight excluding hydrogens is 262 g/mol. The molecule has 2 aromatic carbocycles.